The van der Waals surface area contributed by atoms with Gasteiger partial charge >= 0.3 is 0 Å². The predicted octanol–water partition coefficient (Wildman–Crippen LogP) is 6.46. The zero-order valence-corrected chi connectivity index (χ0v) is 18.2. The van der Waals surface area contributed by atoms with Crippen molar-refractivity contribution in [2.24, 2.45) is 0 Å². The van der Waals surface area contributed by atoms with Crippen molar-refractivity contribution in [3.8, 4) is 0 Å². The van der Waals surface area contributed by atoms with Gasteiger partial charge in [-0.15, -0.1) is 0 Å². The first kappa shape index (κ1) is 17.2. The summed E-state index contributed by atoms with van der Waals surface area (Å²) in [5.41, 5.74) is 3.40. The van der Waals surface area contributed by atoms with Crippen LogP contribution in [0.1, 0.15) is 31.6 Å². The first-order chi connectivity index (χ1) is 9.35. The van der Waals surface area contributed by atoms with E-state index in [1.54, 1.807) is 5.56 Å². The molecule has 0 saturated carbocycles. The van der Waals surface area contributed by atoms with Gasteiger partial charge in [-0.05, 0) is 40.0 Å². The molecule has 0 saturated heterocycles. The molecule has 2 unspecified atom stereocenters. The molecular weight excluding hydrogens is 305 g/mol. The van der Waals surface area contributed by atoms with Crippen molar-refractivity contribution in [3.05, 3.63) is 29.8 Å². The summed E-state index contributed by atoms with van der Waals surface area (Å²) in [5.74, 6) is 0. The molecule has 0 bridgehead atoms. The molecule has 0 aromatic heterocycles. The minimum absolute atomic E-state index is 0.0820. The minimum Gasteiger partial charge on any atom is -0.349 e. The van der Waals surface area contributed by atoms with Gasteiger partial charge in [-0.3, -0.25) is 0 Å². The van der Waals surface area contributed by atoms with Crippen LogP contribution in [0, 0.1) is 0 Å². The Labute approximate surface area is 134 Å². The fraction of sp³-hybridized carbons (Fsp3) is 0.647. The second-order valence-electron chi connectivity index (χ2n) is 9.33. The smallest absolute Gasteiger partial charge is 0.0972 e. The molecular formula is C17H32NPSi2. The van der Waals surface area contributed by atoms with Gasteiger partial charge in [0.2, 0.25) is 0 Å². The molecule has 2 atom stereocenters. The summed E-state index contributed by atoms with van der Waals surface area (Å²) in [4.78, 5) is 0. The van der Waals surface area contributed by atoms with Crippen LogP contribution in [0.4, 0.5) is 5.69 Å². The van der Waals surface area contributed by atoms with Gasteiger partial charge in [0.25, 0.3) is 0 Å². The van der Waals surface area contributed by atoms with Crippen LogP contribution < -0.4 is 4.67 Å². The highest BCUT2D eigenvalue weighted by Crippen LogP contribution is 2.72. The largest absolute Gasteiger partial charge is 0.349 e. The predicted molar refractivity (Wildman–Crippen MR) is 105 cm³/mol. The summed E-state index contributed by atoms with van der Waals surface area (Å²) in [5, 5.41) is 0.828. The Kier molecular flexibility index (Phi) is 4.28. The zero-order valence-electron chi connectivity index (χ0n) is 15.3. The fourth-order valence-corrected chi connectivity index (χ4v) is 23.8. The van der Waals surface area contributed by atoms with Crippen LogP contribution in [0.25, 0.3) is 0 Å². The second kappa shape index (κ2) is 5.21. The lowest BCUT2D eigenvalue weighted by molar-refractivity contribution is 0.588. The molecule has 0 spiro atoms. The van der Waals surface area contributed by atoms with Crippen molar-refractivity contribution in [1.82, 2.24) is 0 Å². The second-order valence-corrected chi connectivity index (χ2v) is 26.5. The summed E-state index contributed by atoms with van der Waals surface area (Å²) in [6.07, 6.45) is 0. The molecule has 0 radical (unpaired) electrons. The van der Waals surface area contributed by atoms with Gasteiger partial charge in [-0.25, -0.2) is 0 Å². The first-order valence-corrected chi connectivity index (χ1v) is 17.3. The van der Waals surface area contributed by atoms with Gasteiger partial charge in [0.15, 0.2) is 0 Å². The van der Waals surface area contributed by atoms with Crippen LogP contribution in [-0.2, 0) is 0 Å². The Morgan fingerprint density at radius 3 is 1.90 bits per heavy atom. The normalized spacial score (nSPS) is 23.4. The lowest BCUT2D eigenvalue weighted by Crippen LogP contribution is -2.43. The van der Waals surface area contributed by atoms with Crippen LogP contribution in [0.2, 0.25) is 39.3 Å². The van der Waals surface area contributed by atoms with Gasteiger partial charge in [0.1, 0.15) is 0 Å². The summed E-state index contributed by atoms with van der Waals surface area (Å²) < 4.78 is 2.84. The van der Waals surface area contributed by atoms with E-state index in [2.05, 4.69) is 89.0 Å². The molecule has 118 valence electrons. The van der Waals surface area contributed by atoms with Gasteiger partial charge in [0.05, 0.1) is 15.8 Å². The molecule has 1 aromatic carbocycles. The first-order valence-electron chi connectivity index (χ1n) is 8.03. The number of hydrogen-bond acceptors (Lipinski definition) is 1. The van der Waals surface area contributed by atoms with Gasteiger partial charge in [0, 0.05) is 16.5 Å². The van der Waals surface area contributed by atoms with Crippen LogP contribution in [0.3, 0.4) is 0 Å². The maximum absolute atomic E-state index is 2.84. The monoisotopic (exact) mass is 337 g/mol. The number of fused-ring (bicyclic) bond motifs is 1. The molecule has 1 aromatic rings. The maximum Gasteiger partial charge on any atom is 0.0972 e. The molecule has 21 heavy (non-hydrogen) atoms. The summed E-state index contributed by atoms with van der Waals surface area (Å²) in [6, 6.07) is 9.26. The van der Waals surface area contributed by atoms with E-state index in [4.69, 9.17) is 0 Å². The lowest BCUT2D eigenvalue weighted by atomic mass is 10.1. The molecule has 1 nitrogen and oxygen atoms in total. The average Bonchev–Trinajstić information content (AvgIpc) is 2.62. The Hall–Kier alpha value is -0.116. The van der Waals surface area contributed by atoms with Crippen LogP contribution >= 0.6 is 7.62 Å². The van der Waals surface area contributed by atoms with Crippen molar-refractivity contribution in [2.75, 3.05) is 4.67 Å². The summed E-state index contributed by atoms with van der Waals surface area (Å²) in [6.45, 7) is 22.6. The van der Waals surface area contributed by atoms with Gasteiger partial charge in [-0.1, -0.05) is 57.5 Å². The van der Waals surface area contributed by atoms with Crippen LogP contribution in [0.15, 0.2) is 24.3 Å². The van der Waals surface area contributed by atoms with E-state index >= 15 is 0 Å². The topological polar surface area (TPSA) is 3.24 Å². The van der Waals surface area contributed by atoms with Crippen molar-refractivity contribution >= 4 is 29.1 Å². The Morgan fingerprint density at radius 1 is 0.952 bits per heavy atom. The minimum atomic E-state index is -1.25. The third-order valence-corrected chi connectivity index (χ3v) is 18.7. The third kappa shape index (κ3) is 3.16. The quantitative estimate of drug-likeness (QED) is 0.442. The highest BCUT2D eigenvalue weighted by atomic mass is 31.4. The number of rotatable bonds is 2. The standard InChI is InChI=1S/C17H32NPSi2/c1-17(2,3)18-15-13-11-10-12-14(15)16(20(4,5)6)19(18)21(7,8)9/h10-13,16H,1-9H3. The molecule has 1 aliphatic heterocycles. The van der Waals surface area contributed by atoms with E-state index in [0.717, 1.165) is 5.28 Å². The highest BCUT2D eigenvalue weighted by molar-refractivity contribution is 7.97. The van der Waals surface area contributed by atoms with Gasteiger partial charge < -0.3 is 4.67 Å². The van der Waals surface area contributed by atoms with Crippen molar-refractivity contribution in [1.29, 1.82) is 0 Å². The van der Waals surface area contributed by atoms with E-state index in [1.165, 1.54) is 5.69 Å². The van der Waals surface area contributed by atoms with E-state index in [-0.39, 0.29) is 13.2 Å². The fourth-order valence-electron chi connectivity index (χ4n) is 3.48. The van der Waals surface area contributed by atoms with E-state index in [0.29, 0.717) is 0 Å². The molecule has 4 heteroatoms. The van der Waals surface area contributed by atoms with Crippen LogP contribution in [0.5, 0.6) is 0 Å². The highest BCUT2D eigenvalue weighted by Gasteiger charge is 2.52. The lowest BCUT2D eigenvalue weighted by Gasteiger charge is -2.48. The number of nitrogens with zero attached hydrogens (tertiary/aromatic N) is 1. The Balaban J connectivity index is 2.71. The maximum atomic E-state index is 2.84. The molecule has 0 aliphatic carbocycles. The van der Waals surface area contributed by atoms with Crippen molar-refractivity contribution in [2.45, 2.75) is 70.9 Å². The SMILES string of the molecule is CC(C)(C)N1c2ccccc2C([Si](C)(C)C)P1[Si](C)(C)C. The zero-order chi connectivity index (χ0) is 16.2. The van der Waals surface area contributed by atoms with E-state index in [1.807, 2.05) is 0 Å². The number of hydrogen-bond donors (Lipinski definition) is 0. The van der Waals surface area contributed by atoms with Crippen LogP contribution in [-0.4, -0.2) is 21.4 Å². The average molecular weight is 338 g/mol. The van der Waals surface area contributed by atoms with E-state index in [9.17, 15) is 0 Å². The van der Waals surface area contributed by atoms with Crippen molar-refractivity contribution < 1.29 is 0 Å². The number of anilines is 1. The van der Waals surface area contributed by atoms with Gasteiger partial charge in [-0.2, -0.15) is 0 Å². The summed E-state index contributed by atoms with van der Waals surface area (Å²) >= 11 is 0. The third-order valence-electron chi connectivity index (χ3n) is 4.06. The van der Waals surface area contributed by atoms with Crippen molar-refractivity contribution in [3.63, 3.8) is 0 Å². The number of para-hydroxylation sites is 1. The number of benzene rings is 1. The molecule has 1 aliphatic rings. The molecule has 2 rings (SSSR count). The Morgan fingerprint density at radius 2 is 1.48 bits per heavy atom. The molecule has 0 N–H and O–H groups in total. The molecule has 1 heterocycles. The molecule has 0 amide bonds. The summed E-state index contributed by atoms with van der Waals surface area (Å²) in [7, 11) is -2.57. The Bertz CT molecular complexity index is 482. The molecule has 0 fully saturated rings. The van der Waals surface area contributed by atoms with E-state index < -0.39 is 15.8 Å².